The quantitative estimate of drug-likeness (QED) is 0.721. The third-order valence-electron chi connectivity index (χ3n) is 4.12. The molecule has 7 heteroatoms. The maximum Gasteiger partial charge on any atom is 0.278 e. The highest BCUT2D eigenvalue weighted by Gasteiger charge is 2.17. The lowest BCUT2D eigenvalue weighted by molar-refractivity contribution is 0.102. The van der Waals surface area contributed by atoms with Crippen molar-refractivity contribution in [2.45, 2.75) is 27.0 Å². The number of anilines is 1. The largest absolute Gasteiger partial charge is 0.392 e. The second kappa shape index (κ2) is 7.68. The minimum atomic E-state index is -0.337. The van der Waals surface area contributed by atoms with Crippen LogP contribution in [0.4, 0.5) is 5.69 Å². The average molecular weight is 371 g/mol. The number of carbonyl (C=O) groups excluding carboxylic acids is 1. The summed E-state index contributed by atoms with van der Waals surface area (Å²) in [6.07, 6.45) is 0. The number of hydrogen-bond donors (Lipinski definition) is 2. The predicted octanol–water partition coefficient (Wildman–Crippen LogP) is 3.34. The molecule has 2 N–H and O–H groups in total. The fraction of sp³-hybridized carbons (Fsp3) is 0.211. The summed E-state index contributed by atoms with van der Waals surface area (Å²) >= 11 is 6.06. The highest BCUT2D eigenvalue weighted by atomic mass is 35.5. The van der Waals surface area contributed by atoms with Crippen LogP contribution < -0.4 is 5.32 Å². The van der Waals surface area contributed by atoms with Gasteiger partial charge in [-0.15, -0.1) is 5.10 Å². The lowest BCUT2D eigenvalue weighted by atomic mass is 10.1. The van der Waals surface area contributed by atoms with Gasteiger partial charge in [0.1, 0.15) is 0 Å². The van der Waals surface area contributed by atoms with E-state index in [4.69, 9.17) is 11.6 Å². The molecule has 1 heterocycles. The molecular weight excluding hydrogens is 352 g/mol. The van der Waals surface area contributed by atoms with Crippen LogP contribution in [0, 0.1) is 13.8 Å². The zero-order valence-electron chi connectivity index (χ0n) is 14.5. The highest BCUT2D eigenvalue weighted by molar-refractivity contribution is 6.31. The molecule has 6 nitrogen and oxygen atoms in total. The molecule has 0 aliphatic carbocycles. The number of nitrogens with one attached hydrogen (secondary N) is 1. The Kier molecular flexibility index (Phi) is 5.35. The van der Waals surface area contributed by atoms with E-state index < -0.39 is 0 Å². The van der Waals surface area contributed by atoms with Crippen LogP contribution in [0.2, 0.25) is 5.02 Å². The Morgan fingerprint density at radius 3 is 2.73 bits per heavy atom. The molecule has 0 atom stereocenters. The molecule has 0 aliphatic rings. The Hall–Kier alpha value is -2.70. The van der Waals surface area contributed by atoms with Crippen molar-refractivity contribution in [3.05, 3.63) is 75.6 Å². The topological polar surface area (TPSA) is 80.0 Å². The normalized spacial score (nSPS) is 10.8. The minimum Gasteiger partial charge on any atom is -0.392 e. The molecule has 134 valence electrons. The van der Waals surface area contributed by atoms with E-state index in [2.05, 4.69) is 15.6 Å². The molecule has 1 aromatic heterocycles. The highest BCUT2D eigenvalue weighted by Crippen LogP contribution is 2.18. The molecule has 1 amide bonds. The molecule has 0 unspecified atom stereocenters. The first-order valence-electron chi connectivity index (χ1n) is 8.14. The first kappa shape index (κ1) is 18.1. The Bertz CT molecular complexity index is 952. The lowest BCUT2D eigenvalue weighted by Crippen LogP contribution is -2.14. The average Bonchev–Trinajstić information content (AvgIpc) is 2.99. The van der Waals surface area contributed by atoms with Gasteiger partial charge < -0.3 is 10.4 Å². The van der Waals surface area contributed by atoms with Crippen LogP contribution in [0.3, 0.4) is 0 Å². The van der Waals surface area contributed by atoms with Crippen LogP contribution >= 0.6 is 11.6 Å². The summed E-state index contributed by atoms with van der Waals surface area (Å²) in [5, 5.41) is 20.8. The number of halogens is 1. The summed E-state index contributed by atoms with van der Waals surface area (Å²) < 4.78 is 1.68. The van der Waals surface area contributed by atoms with Gasteiger partial charge in [0, 0.05) is 10.7 Å². The fourth-order valence-electron chi connectivity index (χ4n) is 2.64. The summed E-state index contributed by atoms with van der Waals surface area (Å²) in [6, 6.07) is 12.8. The van der Waals surface area contributed by atoms with Gasteiger partial charge in [0.2, 0.25) is 0 Å². The zero-order valence-corrected chi connectivity index (χ0v) is 15.3. The van der Waals surface area contributed by atoms with E-state index in [1.54, 1.807) is 28.9 Å². The molecule has 0 radical (unpaired) electrons. The van der Waals surface area contributed by atoms with Crippen molar-refractivity contribution in [1.29, 1.82) is 0 Å². The van der Waals surface area contributed by atoms with Crippen LogP contribution in [-0.4, -0.2) is 26.0 Å². The maximum absolute atomic E-state index is 12.5. The van der Waals surface area contributed by atoms with Gasteiger partial charge in [0.05, 0.1) is 18.8 Å². The molecule has 3 aromatic rings. The monoisotopic (exact) mass is 370 g/mol. The van der Waals surface area contributed by atoms with Gasteiger partial charge in [-0.25, -0.2) is 4.68 Å². The number of aliphatic hydroxyl groups excluding tert-OH is 1. The molecule has 0 fully saturated rings. The van der Waals surface area contributed by atoms with E-state index in [9.17, 15) is 9.90 Å². The molecule has 3 rings (SSSR count). The number of benzene rings is 2. The first-order valence-corrected chi connectivity index (χ1v) is 8.52. The molecule has 0 spiro atoms. The van der Waals surface area contributed by atoms with Crippen LogP contribution in [0.1, 0.15) is 32.9 Å². The molecule has 0 bridgehead atoms. The van der Waals surface area contributed by atoms with Gasteiger partial charge in [-0.3, -0.25) is 4.79 Å². The smallest absolute Gasteiger partial charge is 0.278 e. The van der Waals surface area contributed by atoms with E-state index in [0.717, 1.165) is 16.7 Å². The van der Waals surface area contributed by atoms with E-state index in [1.807, 2.05) is 32.0 Å². The number of aromatic nitrogens is 3. The van der Waals surface area contributed by atoms with E-state index in [0.29, 0.717) is 22.9 Å². The Morgan fingerprint density at radius 2 is 2.00 bits per heavy atom. The number of nitrogens with zero attached hydrogens (tertiary/aromatic N) is 3. The van der Waals surface area contributed by atoms with Gasteiger partial charge in [-0.05, 0) is 48.7 Å². The van der Waals surface area contributed by atoms with Crippen LogP contribution in [0.15, 0.2) is 42.5 Å². The molecule has 0 saturated carbocycles. The van der Waals surface area contributed by atoms with Crippen LogP contribution in [-0.2, 0) is 13.2 Å². The van der Waals surface area contributed by atoms with Gasteiger partial charge in [0.25, 0.3) is 5.91 Å². The Morgan fingerprint density at radius 1 is 1.19 bits per heavy atom. The van der Waals surface area contributed by atoms with Gasteiger partial charge in [0.15, 0.2) is 5.69 Å². The second-order valence-corrected chi connectivity index (χ2v) is 6.48. The third kappa shape index (κ3) is 3.92. The van der Waals surface area contributed by atoms with E-state index in [1.165, 1.54) is 0 Å². The second-order valence-electron chi connectivity index (χ2n) is 6.08. The number of hydrogen-bond acceptors (Lipinski definition) is 4. The van der Waals surface area contributed by atoms with Crippen molar-refractivity contribution in [2.24, 2.45) is 0 Å². The SMILES string of the molecule is Cc1cc(Cn2nnc(C(=O)Nc3cccc(CO)c3)c2C)ccc1Cl. The number of aryl methyl sites for hydroxylation is 1. The van der Waals surface area contributed by atoms with Gasteiger partial charge >= 0.3 is 0 Å². The lowest BCUT2D eigenvalue weighted by Gasteiger charge is -2.07. The standard InChI is InChI=1S/C19H19ClN4O2/c1-12-8-14(6-7-17(12)20)10-24-13(2)18(22-23-24)19(26)21-16-5-3-4-15(9-16)11-25/h3-9,25H,10-11H2,1-2H3,(H,21,26). The van der Waals surface area contributed by atoms with Gasteiger partial charge in [-0.1, -0.05) is 41.1 Å². The van der Waals surface area contributed by atoms with Crippen molar-refractivity contribution in [1.82, 2.24) is 15.0 Å². The molecule has 0 aliphatic heterocycles. The van der Waals surface area contributed by atoms with Crippen molar-refractivity contribution < 1.29 is 9.90 Å². The maximum atomic E-state index is 12.5. The summed E-state index contributed by atoms with van der Waals surface area (Å²) in [4.78, 5) is 12.5. The fourth-order valence-corrected chi connectivity index (χ4v) is 2.75. The number of amides is 1. The summed E-state index contributed by atoms with van der Waals surface area (Å²) in [5.74, 6) is -0.337. The predicted molar refractivity (Wildman–Crippen MR) is 100 cm³/mol. The van der Waals surface area contributed by atoms with Crippen molar-refractivity contribution in [3.63, 3.8) is 0 Å². The van der Waals surface area contributed by atoms with Crippen molar-refractivity contribution in [2.75, 3.05) is 5.32 Å². The first-order chi connectivity index (χ1) is 12.5. The van der Waals surface area contributed by atoms with Crippen LogP contribution in [0.5, 0.6) is 0 Å². The number of carbonyl (C=O) groups is 1. The number of rotatable bonds is 5. The Labute approximate surface area is 156 Å². The van der Waals surface area contributed by atoms with E-state index in [-0.39, 0.29) is 18.2 Å². The number of aliphatic hydroxyl groups is 1. The summed E-state index contributed by atoms with van der Waals surface area (Å²) in [6.45, 7) is 4.17. The third-order valence-corrected chi connectivity index (χ3v) is 4.54. The molecule has 26 heavy (non-hydrogen) atoms. The molecule has 2 aromatic carbocycles. The van der Waals surface area contributed by atoms with E-state index >= 15 is 0 Å². The van der Waals surface area contributed by atoms with Gasteiger partial charge in [-0.2, -0.15) is 0 Å². The molecule has 0 saturated heterocycles. The summed E-state index contributed by atoms with van der Waals surface area (Å²) in [7, 11) is 0. The van der Waals surface area contributed by atoms with Crippen molar-refractivity contribution >= 4 is 23.2 Å². The van der Waals surface area contributed by atoms with Crippen LogP contribution in [0.25, 0.3) is 0 Å². The zero-order chi connectivity index (χ0) is 18.7. The Balaban J connectivity index is 1.77. The summed E-state index contributed by atoms with van der Waals surface area (Å²) in [5.41, 5.74) is 4.29. The minimum absolute atomic E-state index is 0.0839. The van der Waals surface area contributed by atoms with Crippen molar-refractivity contribution in [3.8, 4) is 0 Å². The molecular formula is C19H19ClN4O2.